The van der Waals surface area contributed by atoms with Gasteiger partial charge in [0.25, 0.3) is 0 Å². The maximum Gasteiger partial charge on any atom is 0.0303 e. The fraction of sp³-hybridized carbons (Fsp3) is 0.684. The van der Waals surface area contributed by atoms with Gasteiger partial charge in [-0.25, -0.2) is 0 Å². The van der Waals surface area contributed by atoms with E-state index in [1.54, 1.807) is 0 Å². The average Bonchev–Trinajstić information content (AvgIpc) is 2.70. The third-order valence-electron chi connectivity index (χ3n) is 5.08. The number of hydrogen-bond acceptors (Lipinski definition) is 2. The molecule has 0 bridgehead atoms. The molecule has 0 aliphatic carbocycles. The normalized spacial score (nSPS) is 19.7. The number of benzene rings is 1. The molecule has 1 N–H and O–H groups in total. The van der Waals surface area contributed by atoms with Crippen LogP contribution in [-0.4, -0.2) is 30.1 Å². The van der Waals surface area contributed by atoms with Crippen molar-refractivity contribution < 1.29 is 0 Å². The smallest absolute Gasteiger partial charge is 0.0303 e. The van der Waals surface area contributed by atoms with Crippen LogP contribution in [0.2, 0.25) is 0 Å². The highest BCUT2D eigenvalue weighted by Crippen LogP contribution is 2.22. The predicted molar refractivity (Wildman–Crippen MR) is 91.7 cm³/mol. The minimum Gasteiger partial charge on any atom is -0.310 e. The Morgan fingerprint density at radius 1 is 1.14 bits per heavy atom. The van der Waals surface area contributed by atoms with Crippen LogP contribution < -0.4 is 5.32 Å². The minimum absolute atomic E-state index is 0.314. The molecule has 21 heavy (non-hydrogen) atoms. The summed E-state index contributed by atoms with van der Waals surface area (Å²) < 4.78 is 0. The summed E-state index contributed by atoms with van der Waals surface area (Å²) in [4.78, 5) is 2.64. The van der Waals surface area contributed by atoms with Crippen LogP contribution in [0.5, 0.6) is 0 Å². The maximum absolute atomic E-state index is 3.79. The molecule has 0 unspecified atom stereocenters. The lowest BCUT2D eigenvalue weighted by Crippen LogP contribution is -2.50. The van der Waals surface area contributed by atoms with E-state index < -0.39 is 0 Å². The van der Waals surface area contributed by atoms with E-state index in [0.717, 1.165) is 13.1 Å². The van der Waals surface area contributed by atoms with Crippen LogP contribution >= 0.6 is 0 Å². The van der Waals surface area contributed by atoms with E-state index in [9.17, 15) is 0 Å². The van der Waals surface area contributed by atoms with Crippen molar-refractivity contribution in [2.45, 2.75) is 65.0 Å². The topological polar surface area (TPSA) is 15.3 Å². The second kappa shape index (κ2) is 7.42. The van der Waals surface area contributed by atoms with E-state index in [2.05, 4.69) is 62.2 Å². The fourth-order valence-corrected chi connectivity index (χ4v) is 3.34. The Morgan fingerprint density at radius 2 is 1.81 bits per heavy atom. The van der Waals surface area contributed by atoms with Gasteiger partial charge in [-0.1, -0.05) is 52.0 Å². The molecule has 1 aliphatic heterocycles. The Bertz CT molecular complexity index is 418. The number of nitrogens with zero attached hydrogens (tertiary/aromatic N) is 1. The van der Waals surface area contributed by atoms with Crippen molar-refractivity contribution in [3.8, 4) is 0 Å². The van der Waals surface area contributed by atoms with Gasteiger partial charge in [0.2, 0.25) is 0 Å². The van der Waals surface area contributed by atoms with E-state index in [-0.39, 0.29) is 0 Å². The van der Waals surface area contributed by atoms with Crippen molar-refractivity contribution in [1.29, 1.82) is 0 Å². The van der Waals surface area contributed by atoms with Gasteiger partial charge in [-0.15, -0.1) is 0 Å². The van der Waals surface area contributed by atoms with Gasteiger partial charge in [0, 0.05) is 18.6 Å². The lowest BCUT2D eigenvalue weighted by Gasteiger charge is -2.35. The monoisotopic (exact) mass is 288 g/mol. The SMILES string of the molecule is CCC1(CC)CN(Cc2ccc(C(C)C)cc2)CCCN1. The van der Waals surface area contributed by atoms with Crippen LogP contribution in [0.4, 0.5) is 0 Å². The summed E-state index contributed by atoms with van der Waals surface area (Å²) in [6, 6.07) is 9.21. The number of rotatable bonds is 5. The molecule has 1 aromatic rings. The molecule has 1 saturated heterocycles. The zero-order chi connectivity index (χ0) is 15.3. The molecule has 118 valence electrons. The summed E-state index contributed by atoms with van der Waals surface area (Å²) in [5.74, 6) is 0.620. The minimum atomic E-state index is 0.314. The van der Waals surface area contributed by atoms with Crippen LogP contribution in [0, 0.1) is 0 Å². The van der Waals surface area contributed by atoms with E-state index in [4.69, 9.17) is 0 Å². The van der Waals surface area contributed by atoms with Gasteiger partial charge >= 0.3 is 0 Å². The molecule has 2 heteroatoms. The Morgan fingerprint density at radius 3 is 2.38 bits per heavy atom. The summed E-state index contributed by atoms with van der Waals surface area (Å²) in [7, 11) is 0. The van der Waals surface area contributed by atoms with E-state index in [1.165, 1.54) is 43.5 Å². The van der Waals surface area contributed by atoms with E-state index >= 15 is 0 Å². The highest BCUT2D eigenvalue weighted by Gasteiger charge is 2.30. The summed E-state index contributed by atoms with van der Waals surface area (Å²) in [6.07, 6.45) is 3.68. The molecule has 1 aliphatic rings. The van der Waals surface area contributed by atoms with Crippen molar-refractivity contribution in [3.63, 3.8) is 0 Å². The molecule has 0 spiro atoms. The average molecular weight is 288 g/mol. The van der Waals surface area contributed by atoms with Crippen molar-refractivity contribution in [2.75, 3.05) is 19.6 Å². The zero-order valence-electron chi connectivity index (χ0n) is 14.3. The lowest BCUT2D eigenvalue weighted by molar-refractivity contribution is 0.191. The molecular formula is C19H32N2. The molecule has 2 rings (SSSR count). The van der Waals surface area contributed by atoms with Gasteiger partial charge in [0.15, 0.2) is 0 Å². The molecule has 1 aromatic carbocycles. The van der Waals surface area contributed by atoms with Crippen molar-refractivity contribution in [2.24, 2.45) is 0 Å². The Hall–Kier alpha value is -0.860. The molecule has 0 radical (unpaired) electrons. The second-order valence-corrected chi connectivity index (χ2v) is 6.87. The molecule has 2 nitrogen and oxygen atoms in total. The van der Waals surface area contributed by atoms with Crippen molar-refractivity contribution in [1.82, 2.24) is 10.2 Å². The number of hydrogen-bond donors (Lipinski definition) is 1. The molecule has 1 fully saturated rings. The molecule has 1 heterocycles. The molecule has 0 saturated carbocycles. The van der Waals surface area contributed by atoms with Crippen LogP contribution in [0.15, 0.2) is 24.3 Å². The Balaban J connectivity index is 2.03. The Labute approximate surface area is 130 Å². The lowest BCUT2D eigenvalue weighted by atomic mass is 9.92. The first-order valence-corrected chi connectivity index (χ1v) is 8.65. The van der Waals surface area contributed by atoms with Crippen LogP contribution in [0.25, 0.3) is 0 Å². The predicted octanol–water partition coefficient (Wildman–Crippen LogP) is 4.16. The largest absolute Gasteiger partial charge is 0.310 e. The highest BCUT2D eigenvalue weighted by atomic mass is 15.2. The quantitative estimate of drug-likeness (QED) is 0.875. The van der Waals surface area contributed by atoms with Gasteiger partial charge < -0.3 is 5.32 Å². The molecule has 0 aromatic heterocycles. The van der Waals surface area contributed by atoms with Gasteiger partial charge in [0.1, 0.15) is 0 Å². The van der Waals surface area contributed by atoms with Gasteiger partial charge in [0.05, 0.1) is 0 Å². The first kappa shape index (κ1) is 16.5. The van der Waals surface area contributed by atoms with Crippen LogP contribution in [-0.2, 0) is 6.54 Å². The first-order valence-electron chi connectivity index (χ1n) is 8.65. The van der Waals surface area contributed by atoms with Gasteiger partial charge in [-0.2, -0.15) is 0 Å². The summed E-state index contributed by atoms with van der Waals surface area (Å²) in [5.41, 5.74) is 3.20. The summed E-state index contributed by atoms with van der Waals surface area (Å²) >= 11 is 0. The number of nitrogens with one attached hydrogen (secondary N) is 1. The fourth-order valence-electron chi connectivity index (χ4n) is 3.34. The van der Waals surface area contributed by atoms with Crippen LogP contribution in [0.3, 0.4) is 0 Å². The van der Waals surface area contributed by atoms with Crippen molar-refractivity contribution in [3.05, 3.63) is 35.4 Å². The molecular weight excluding hydrogens is 256 g/mol. The standard InChI is InChI=1S/C19H32N2/c1-5-19(6-2)15-21(13-7-12-20-19)14-17-8-10-18(11-9-17)16(3)4/h8-11,16,20H,5-7,12-15H2,1-4H3. The second-order valence-electron chi connectivity index (χ2n) is 6.87. The molecule has 0 amide bonds. The third-order valence-corrected chi connectivity index (χ3v) is 5.08. The highest BCUT2D eigenvalue weighted by molar-refractivity contribution is 5.24. The first-order chi connectivity index (χ1) is 10.1. The van der Waals surface area contributed by atoms with E-state index in [1.807, 2.05) is 0 Å². The third kappa shape index (κ3) is 4.31. The maximum atomic E-state index is 3.79. The molecule has 0 atom stereocenters. The summed E-state index contributed by atoms with van der Waals surface area (Å²) in [5, 5.41) is 3.79. The van der Waals surface area contributed by atoms with Gasteiger partial charge in [-0.3, -0.25) is 4.90 Å². The summed E-state index contributed by atoms with van der Waals surface area (Å²) in [6.45, 7) is 13.8. The van der Waals surface area contributed by atoms with Gasteiger partial charge in [-0.05, 0) is 49.4 Å². The Kier molecular flexibility index (Phi) is 5.83. The van der Waals surface area contributed by atoms with Crippen molar-refractivity contribution >= 4 is 0 Å². The zero-order valence-corrected chi connectivity index (χ0v) is 14.3. The van der Waals surface area contributed by atoms with E-state index in [0.29, 0.717) is 11.5 Å². The van der Waals surface area contributed by atoms with Crippen LogP contribution in [0.1, 0.15) is 64.0 Å².